The molecule has 8 nitrogen and oxygen atoms in total. The van der Waals surface area contributed by atoms with Gasteiger partial charge in [-0.25, -0.2) is 0 Å². The number of methoxy groups -OCH3 is 1. The number of carbonyl (C=O) groups is 1. The van der Waals surface area contributed by atoms with Crippen LogP contribution < -0.4 is 14.8 Å². The van der Waals surface area contributed by atoms with Gasteiger partial charge in [0.25, 0.3) is 5.69 Å². The van der Waals surface area contributed by atoms with Crippen molar-refractivity contribution < 1.29 is 24.3 Å². The SMILES string of the molecule is C#CCNC(=O)CCCOc1cc([N+](=O)[O-])c(C(C)O)cc1OC. The third-order valence-corrected chi connectivity index (χ3v) is 3.15. The first kappa shape index (κ1) is 19.3. The van der Waals surface area contributed by atoms with Gasteiger partial charge in [-0.3, -0.25) is 14.9 Å². The molecule has 130 valence electrons. The van der Waals surface area contributed by atoms with Crippen molar-refractivity contribution in [2.24, 2.45) is 0 Å². The monoisotopic (exact) mass is 336 g/mol. The lowest BCUT2D eigenvalue weighted by Crippen LogP contribution is -2.23. The predicted octanol–water partition coefficient (Wildman–Crippen LogP) is 1.57. The zero-order valence-corrected chi connectivity index (χ0v) is 13.6. The minimum absolute atomic E-state index is 0.137. The summed E-state index contributed by atoms with van der Waals surface area (Å²) in [7, 11) is 1.40. The van der Waals surface area contributed by atoms with E-state index in [1.807, 2.05) is 0 Å². The molecule has 1 unspecified atom stereocenters. The van der Waals surface area contributed by atoms with Crippen molar-refractivity contribution in [3.8, 4) is 23.8 Å². The van der Waals surface area contributed by atoms with Crippen molar-refractivity contribution in [1.29, 1.82) is 0 Å². The Morgan fingerprint density at radius 1 is 1.50 bits per heavy atom. The van der Waals surface area contributed by atoms with E-state index >= 15 is 0 Å². The number of nitrogens with one attached hydrogen (secondary N) is 1. The normalized spacial score (nSPS) is 11.2. The fourth-order valence-corrected chi connectivity index (χ4v) is 1.98. The Hall–Kier alpha value is -2.79. The molecule has 1 amide bonds. The molecule has 1 rings (SSSR count). The largest absolute Gasteiger partial charge is 0.493 e. The predicted molar refractivity (Wildman–Crippen MR) is 86.9 cm³/mol. The molecule has 0 aliphatic carbocycles. The summed E-state index contributed by atoms with van der Waals surface area (Å²) in [6.07, 6.45) is 4.64. The van der Waals surface area contributed by atoms with Crippen molar-refractivity contribution in [2.75, 3.05) is 20.3 Å². The Morgan fingerprint density at radius 2 is 2.21 bits per heavy atom. The van der Waals surface area contributed by atoms with Gasteiger partial charge in [-0.1, -0.05) is 5.92 Å². The topological polar surface area (TPSA) is 111 Å². The van der Waals surface area contributed by atoms with E-state index in [1.54, 1.807) is 0 Å². The second kappa shape index (κ2) is 9.37. The molecule has 1 aromatic carbocycles. The van der Waals surface area contributed by atoms with Crippen LogP contribution in [0.5, 0.6) is 11.5 Å². The molecule has 0 aliphatic heterocycles. The molecule has 0 heterocycles. The maximum Gasteiger partial charge on any atom is 0.279 e. The quantitative estimate of drug-likeness (QED) is 0.306. The molecule has 1 aromatic rings. The van der Waals surface area contributed by atoms with Crippen LogP contribution in [0.4, 0.5) is 5.69 Å². The summed E-state index contributed by atoms with van der Waals surface area (Å²) in [5, 5.41) is 23.3. The van der Waals surface area contributed by atoms with Gasteiger partial charge in [-0.15, -0.1) is 6.42 Å². The highest BCUT2D eigenvalue weighted by Gasteiger charge is 2.22. The molecule has 0 saturated carbocycles. The number of nitrogens with zero attached hydrogens (tertiary/aromatic N) is 1. The van der Waals surface area contributed by atoms with Crippen molar-refractivity contribution in [3.05, 3.63) is 27.8 Å². The number of hydrogen-bond donors (Lipinski definition) is 2. The fraction of sp³-hybridized carbons (Fsp3) is 0.438. The number of nitro benzene ring substituents is 1. The summed E-state index contributed by atoms with van der Waals surface area (Å²) in [6.45, 7) is 1.77. The van der Waals surface area contributed by atoms with Crippen molar-refractivity contribution >= 4 is 11.6 Å². The standard InChI is InChI=1S/C16H20N2O6/c1-4-7-17-16(20)6-5-8-24-15-10-13(18(21)22)12(11(2)19)9-14(15)23-3/h1,9-11,19H,5-8H2,2-3H3,(H,17,20). The summed E-state index contributed by atoms with van der Waals surface area (Å²) in [5.74, 6) is 2.55. The first-order valence-corrected chi connectivity index (χ1v) is 7.28. The summed E-state index contributed by atoms with van der Waals surface area (Å²) >= 11 is 0. The first-order valence-electron chi connectivity index (χ1n) is 7.28. The molecular formula is C16H20N2O6. The number of rotatable bonds is 9. The fourth-order valence-electron chi connectivity index (χ4n) is 1.98. The summed E-state index contributed by atoms with van der Waals surface area (Å²) in [4.78, 5) is 21.9. The number of carbonyl (C=O) groups excluding carboxylic acids is 1. The van der Waals surface area contributed by atoms with Crippen molar-refractivity contribution in [2.45, 2.75) is 25.9 Å². The minimum Gasteiger partial charge on any atom is -0.493 e. The van der Waals surface area contributed by atoms with Crippen molar-refractivity contribution in [3.63, 3.8) is 0 Å². The molecule has 24 heavy (non-hydrogen) atoms. The number of ether oxygens (including phenoxy) is 2. The van der Waals surface area contributed by atoms with E-state index < -0.39 is 11.0 Å². The number of amides is 1. The number of aliphatic hydroxyl groups excluding tert-OH is 1. The second-order valence-electron chi connectivity index (χ2n) is 4.93. The van der Waals surface area contributed by atoms with Gasteiger partial charge >= 0.3 is 0 Å². The lowest BCUT2D eigenvalue weighted by Gasteiger charge is -2.14. The summed E-state index contributed by atoms with van der Waals surface area (Å²) in [6, 6.07) is 2.58. The number of nitro groups is 1. The Labute approximate surface area is 139 Å². The van der Waals surface area contributed by atoms with E-state index in [1.165, 1.54) is 26.2 Å². The van der Waals surface area contributed by atoms with Gasteiger partial charge in [-0.05, 0) is 19.4 Å². The van der Waals surface area contributed by atoms with E-state index in [4.69, 9.17) is 15.9 Å². The van der Waals surface area contributed by atoms with Gasteiger partial charge in [-0.2, -0.15) is 0 Å². The van der Waals surface area contributed by atoms with Gasteiger partial charge in [0.15, 0.2) is 11.5 Å². The summed E-state index contributed by atoms with van der Waals surface area (Å²) in [5.41, 5.74) is -0.120. The van der Waals surface area contributed by atoms with Crippen LogP contribution in [0.1, 0.15) is 31.4 Å². The van der Waals surface area contributed by atoms with Crippen LogP contribution in [0.25, 0.3) is 0 Å². The highest BCUT2D eigenvalue weighted by molar-refractivity contribution is 5.76. The van der Waals surface area contributed by atoms with Crippen LogP contribution in [-0.2, 0) is 4.79 Å². The maximum absolute atomic E-state index is 11.4. The highest BCUT2D eigenvalue weighted by atomic mass is 16.6. The van der Waals surface area contributed by atoms with Gasteiger partial charge in [0.2, 0.25) is 5.91 Å². The van der Waals surface area contributed by atoms with Crippen LogP contribution in [0, 0.1) is 22.5 Å². The van der Waals surface area contributed by atoms with Crippen molar-refractivity contribution in [1.82, 2.24) is 5.32 Å². The molecule has 0 saturated heterocycles. The number of aliphatic hydroxyl groups is 1. The maximum atomic E-state index is 11.4. The average molecular weight is 336 g/mol. The van der Waals surface area contributed by atoms with E-state index in [0.29, 0.717) is 6.42 Å². The minimum atomic E-state index is -1.02. The van der Waals surface area contributed by atoms with Gasteiger partial charge in [0, 0.05) is 6.42 Å². The van der Waals surface area contributed by atoms with E-state index in [-0.39, 0.29) is 48.2 Å². The molecule has 0 aromatic heterocycles. The van der Waals surface area contributed by atoms with Gasteiger partial charge in [0.05, 0.1) is 42.9 Å². The van der Waals surface area contributed by atoms with E-state index in [9.17, 15) is 20.0 Å². The zero-order valence-electron chi connectivity index (χ0n) is 13.6. The third-order valence-electron chi connectivity index (χ3n) is 3.15. The van der Waals surface area contributed by atoms with Crippen LogP contribution in [0.3, 0.4) is 0 Å². The van der Waals surface area contributed by atoms with Gasteiger partial charge in [0.1, 0.15) is 0 Å². The van der Waals surface area contributed by atoms with Crippen LogP contribution >= 0.6 is 0 Å². The van der Waals surface area contributed by atoms with E-state index in [2.05, 4.69) is 11.2 Å². The highest BCUT2D eigenvalue weighted by Crippen LogP contribution is 2.37. The molecule has 0 bridgehead atoms. The van der Waals surface area contributed by atoms with Crippen LogP contribution in [0.2, 0.25) is 0 Å². The molecular weight excluding hydrogens is 316 g/mol. The Bertz CT molecular complexity index is 636. The smallest absolute Gasteiger partial charge is 0.279 e. The third kappa shape index (κ3) is 5.44. The Balaban J connectivity index is 2.77. The number of benzene rings is 1. The summed E-state index contributed by atoms with van der Waals surface area (Å²) < 4.78 is 10.6. The Kier molecular flexibility index (Phi) is 7.52. The zero-order chi connectivity index (χ0) is 18.1. The van der Waals surface area contributed by atoms with E-state index in [0.717, 1.165) is 0 Å². The number of hydrogen-bond acceptors (Lipinski definition) is 6. The molecule has 0 fully saturated rings. The molecule has 0 spiro atoms. The molecule has 8 heteroatoms. The number of terminal acetylenes is 1. The first-order chi connectivity index (χ1) is 11.4. The van der Waals surface area contributed by atoms with Crippen LogP contribution in [-0.4, -0.2) is 36.2 Å². The van der Waals surface area contributed by atoms with Gasteiger partial charge < -0.3 is 19.9 Å². The lowest BCUT2D eigenvalue weighted by molar-refractivity contribution is -0.386. The van der Waals surface area contributed by atoms with Crippen LogP contribution in [0.15, 0.2) is 12.1 Å². The molecule has 0 radical (unpaired) electrons. The Morgan fingerprint density at radius 3 is 2.75 bits per heavy atom. The molecule has 1 atom stereocenters. The second-order valence-corrected chi connectivity index (χ2v) is 4.93. The lowest BCUT2D eigenvalue weighted by atomic mass is 10.1. The average Bonchev–Trinajstić information content (AvgIpc) is 2.55. The molecule has 0 aliphatic rings. The molecule has 2 N–H and O–H groups in total.